The van der Waals surface area contributed by atoms with Crippen molar-refractivity contribution in [2.45, 2.75) is 44.8 Å². The minimum Gasteiger partial charge on any atom is -0.379 e. The van der Waals surface area contributed by atoms with E-state index in [4.69, 9.17) is 19.0 Å². The average molecular weight is 619 g/mol. The molecule has 2 fully saturated rings. The molecule has 2 saturated heterocycles. The van der Waals surface area contributed by atoms with Crippen LogP contribution in [0.25, 0.3) is 0 Å². The fraction of sp³-hybridized carbons (Fsp3) is 0.536. The van der Waals surface area contributed by atoms with E-state index in [2.05, 4.69) is 33.0 Å². The van der Waals surface area contributed by atoms with Crippen LogP contribution in [-0.4, -0.2) is 90.6 Å². The first-order valence-electron chi connectivity index (χ1n) is 13.7. The fourth-order valence-corrected chi connectivity index (χ4v) is 8.16. The van der Waals surface area contributed by atoms with Crippen molar-refractivity contribution in [2.75, 3.05) is 52.6 Å². The second-order valence-electron chi connectivity index (χ2n) is 9.96. The second-order valence-corrected chi connectivity index (χ2v) is 13.2. The van der Waals surface area contributed by atoms with Crippen LogP contribution in [0, 0.1) is 0 Å². The van der Waals surface area contributed by atoms with Gasteiger partial charge in [-0.1, -0.05) is 35.0 Å². The van der Waals surface area contributed by atoms with Crippen molar-refractivity contribution < 1.29 is 23.4 Å². The van der Waals surface area contributed by atoms with E-state index in [9.17, 15) is 9.36 Å². The maximum Gasteiger partial charge on any atom is 0.346 e. The number of pyridine rings is 1. The first-order valence-corrected chi connectivity index (χ1v) is 16.0. The number of benzene rings is 1. The highest BCUT2D eigenvalue weighted by Crippen LogP contribution is 2.56. The lowest BCUT2D eigenvalue weighted by Crippen LogP contribution is -2.45. The minimum atomic E-state index is -3.44. The number of fused-ring (bicyclic) bond motifs is 1. The number of nitrogens with zero attached hydrogens (tertiary/aromatic N) is 4. The lowest BCUT2D eigenvalue weighted by Gasteiger charge is -2.43. The van der Waals surface area contributed by atoms with Gasteiger partial charge in [0.25, 0.3) is 0 Å². The van der Waals surface area contributed by atoms with Crippen LogP contribution in [-0.2, 0) is 29.8 Å². The third-order valence-corrected chi connectivity index (χ3v) is 10.7. The number of hydrogen-bond donors (Lipinski definition) is 0. The molecular formula is C28H36BrN4O5P. The quantitative estimate of drug-likeness (QED) is 0.379. The summed E-state index contributed by atoms with van der Waals surface area (Å²) in [5.41, 5.74) is 3.54. The number of ether oxygens (including phenoxy) is 2. The summed E-state index contributed by atoms with van der Waals surface area (Å²) in [7, 11) is -3.44. The van der Waals surface area contributed by atoms with Crippen molar-refractivity contribution >= 4 is 35.1 Å². The Bertz CT molecular complexity index is 1200. The van der Waals surface area contributed by atoms with Gasteiger partial charge in [0, 0.05) is 61.7 Å². The third kappa shape index (κ3) is 6.76. The van der Waals surface area contributed by atoms with Crippen LogP contribution >= 0.6 is 23.6 Å². The summed E-state index contributed by atoms with van der Waals surface area (Å²) in [6.07, 6.45) is 3.16. The summed E-state index contributed by atoms with van der Waals surface area (Å²) in [5.74, 6) is 0.178. The Balaban J connectivity index is 1.57. The van der Waals surface area contributed by atoms with Crippen molar-refractivity contribution in [3.63, 3.8) is 0 Å². The van der Waals surface area contributed by atoms with Gasteiger partial charge in [0.05, 0.1) is 50.0 Å². The maximum atomic E-state index is 14.9. The van der Waals surface area contributed by atoms with Gasteiger partial charge in [-0.15, -0.1) is 0 Å². The molecule has 0 bridgehead atoms. The Morgan fingerprint density at radius 3 is 2.38 bits per heavy atom. The summed E-state index contributed by atoms with van der Waals surface area (Å²) in [6, 6.07) is 11.5. The summed E-state index contributed by atoms with van der Waals surface area (Å²) >= 11 is 3.63. The molecule has 0 N–H and O–H groups in total. The molecule has 0 amide bonds. The van der Waals surface area contributed by atoms with Gasteiger partial charge in [-0.2, -0.15) is 0 Å². The van der Waals surface area contributed by atoms with E-state index in [1.165, 1.54) is 0 Å². The van der Waals surface area contributed by atoms with Gasteiger partial charge in [0.1, 0.15) is 5.78 Å². The number of carbonyl (C=O) groups excluding carboxylic acids is 1. The molecule has 0 spiro atoms. The highest BCUT2D eigenvalue weighted by atomic mass is 79.9. The van der Waals surface area contributed by atoms with E-state index < -0.39 is 13.8 Å². The third-order valence-electron chi connectivity index (χ3n) is 7.46. The lowest BCUT2D eigenvalue weighted by molar-refractivity contribution is -0.119. The predicted octanol–water partition coefficient (Wildman–Crippen LogP) is 4.52. The number of Topliss-reactive ketones (excluding diaryl/α,β-unsaturated/α-hetero) is 1. The van der Waals surface area contributed by atoms with Crippen molar-refractivity contribution in [1.29, 1.82) is 0 Å². The van der Waals surface area contributed by atoms with Gasteiger partial charge in [-0.05, 0) is 36.2 Å². The van der Waals surface area contributed by atoms with Crippen LogP contribution in [0.1, 0.15) is 43.0 Å². The van der Waals surface area contributed by atoms with E-state index in [1.54, 1.807) is 6.20 Å². The molecule has 5 rings (SSSR count). The zero-order valence-electron chi connectivity index (χ0n) is 22.3. The van der Waals surface area contributed by atoms with Gasteiger partial charge in [0.15, 0.2) is 0 Å². The van der Waals surface area contributed by atoms with Crippen LogP contribution < -0.4 is 0 Å². The largest absolute Gasteiger partial charge is 0.379 e. The molecule has 2 aromatic rings. The molecule has 1 unspecified atom stereocenters. The molecule has 2 atom stereocenters. The Morgan fingerprint density at radius 2 is 1.77 bits per heavy atom. The summed E-state index contributed by atoms with van der Waals surface area (Å²) in [4.78, 5) is 22.3. The van der Waals surface area contributed by atoms with Crippen molar-refractivity contribution in [1.82, 2.24) is 14.3 Å². The van der Waals surface area contributed by atoms with Gasteiger partial charge in [0.2, 0.25) is 0 Å². The first kappa shape index (κ1) is 28.7. The molecular weight excluding hydrogens is 583 g/mol. The molecule has 4 heterocycles. The first-order chi connectivity index (χ1) is 19.0. The van der Waals surface area contributed by atoms with Gasteiger partial charge in [-0.3, -0.25) is 23.9 Å². The summed E-state index contributed by atoms with van der Waals surface area (Å²) in [5, 5.41) is 0. The maximum absolute atomic E-state index is 14.9. The molecule has 1 aromatic heterocycles. The SMILES string of the molecule is CCC(=O)CC[C@@H]1N=C(c2ccccn2)c2cc(Br)ccc2CC1OP(=O)(N1CCOCC1)N1CCOCC1. The highest BCUT2D eigenvalue weighted by molar-refractivity contribution is 9.10. The van der Waals surface area contributed by atoms with Crippen LogP contribution in [0.5, 0.6) is 0 Å². The molecule has 39 heavy (non-hydrogen) atoms. The number of hydrogen-bond acceptors (Lipinski definition) is 7. The fourth-order valence-electron chi connectivity index (χ4n) is 5.27. The molecule has 3 aliphatic heterocycles. The zero-order valence-corrected chi connectivity index (χ0v) is 24.8. The number of halogens is 1. The van der Waals surface area contributed by atoms with Crippen LogP contribution in [0.4, 0.5) is 0 Å². The number of aromatic nitrogens is 1. The molecule has 1 aromatic carbocycles. The monoisotopic (exact) mass is 618 g/mol. The molecule has 3 aliphatic rings. The van der Waals surface area contributed by atoms with Crippen LogP contribution in [0.3, 0.4) is 0 Å². The topological polar surface area (TPSA) is 93.6 Å². The molecule has 0 aliphatic carbocycles. The standard InChI is InChI=1S/C28H36BrN4O5P/c1-2-23(34)8-9-25-27(38-39(35,32-11-15-36-16-12-32)33-13-17-37-18-14-33)19-21-6-7-22(29)20-24(21)28(31-25)26-5-3-4-10-30-26/h3-7,10,20,25,27H,2,8-9,11-19H2,1H3/t25-,27?/m0/s1. The zero-order chi connectivity index (χ0) is 27.2. The normalized spacial score (nSPS) is 23.1. The molecule has 210 valence electrons. The van der Waals surface area contributed by atoms with E-state index in [0.717, 1.165) is 27.0 Å². The molecule has 0 radical (unpaired) electrons. The Morgan fingerprint density at radius 1 is 1.08 bits per heavy atom. The lowest BCUT2D eigenvalue weighted by atomic mass is 9.95. The second kappa shape index (κ2) is 13.3. The summed E-state index contributed by atoms with van der Waals surface area (Å²) in [6.45, 7) is 6.05. The van der Waals surface area contributed by atoms with Gasteiger partial charge >= 0.3 is 7.67 Å². The predicted molar refractivity (Wildman–Crippen MR) is 153 cm³/mol. The Kier molecular flexibility index (Phi) is 9.77. The number of ketones is 1. The number of carbonyl (C=O) groups is 1. The van der Waals surface area contributed by atoms with E-state index in [0.29, 0.717) is 78.3 Å². The van der Waals surface area contributed by atoms with E-state index >= 15 is 0 Å². The minimum absolute atomic E-state index is 0.178. The molecule has 11 heteroatoms. The Labute approximate surface area is 238 Å². The average Bonchev–Trinajstić information content (AvgIpc) is 3.13. The van der Waals surface area contributed by atoms with Crippen LogP contribution in [0.15, 0.2) is 52.1 Å². The van der Waals surface area contributed by atoms with E-state index in [1.807, 2.05) is 40.5 Å². The van der Waals surface area contributed by atoms with Crippen LogP contribution in [0.2, 0.25) is 0 Å². The highest BCUT2D eigenvalue weighted by Gasteiger charge is 2.44. The summed E-state index contributed by atoms with van der Waals surface area (Å²) < 4.78 is 37.8. The van der Waals surface area contributed by atoms with Crippen molar-refractivity contribution in [2.24, 2.45) is 4.99 Å². The van der Waals surface area contributed by atoms with E-state index in [-0.39, 0.29) is 11.8 Å². The van der Waals surface area contributed by atoms with Gasteiger partial charge < -0.3 is 9.47 Å². The smallest absolute Gasteiger partial charge is 0.346 e. The van der Waals surface area contributed by atoms with Gasteiger partial charge in [-0.25, -0.2) is 9.34 Å². The Hall–Kier alpha value is -1.78. The van der Waals surface area contributed by atoms with Crippen molar-refractivity contribution in [3.8, 4) is 0 Å². The van der Waals surface area contributed by atoms with Crippen molar-refractivity contribution in [3.05, 3.63) is 63.9 Å². The molecule has 0 saturated carbocycles. The molecule has 9 nitrogen and oxygen atoms in total. The number of aliphatic imine (C=N–C) groups is 1. The number of rotatable bonds is 9. The number of morpholine rings is 2.